The minimum atomic E-state index is -0.886. The molecule has 0 bridgehead atoms. The monoisotopic (exact) mass is 275 g/mol. The molecule has 0 aliphatic heterocycles. The van der Waals surface area contributed by atoms with Crippen LogP contribution in [0.15, 0.2) is 42.5 Å². The molecule has 1 fully saturated rings. The fourth-order valence-electron chi connectivity index (χ4n) is 2.06. The summed E-state index contributed by atoms with van der Waals surface area (Å²) < 4.78 is 31.9. The topological polar surface area (TPSA) is 35.2 Å². The van der Waals surface area contributed by atoms with E-state index in [1.165, 1.54) is 6.07 Å². The van der Waals surface area contributed by atoms with Gasteiger partial charge in [0.25, 0.3) is 0 Å². The molecule has 1 aliphatic rings. The molecule has 20 heavy (non-hydrogen) atoms. The van der Waals surface area contributed by atoms with Crippen LogP contribution < -0.4 is 10.5 Å². The van der Waals surface area contributed by atoms with E-state index in [0.717, 1.165) is 36.3 Å². The van der Waals surface area contributed by atoms with Crippen molar-refractivity contribution in [1.29, 1.82) is 0 Å². The summed E-state index contributed by atoms with van der Waals surface area (Å²) >= 11 is 0. The second-order valence-electron chi connectivity index (χ2n) is 5.04. The van der Waals surface area contributed by atoms with Crippen LogP contribution in [0.2, 0.25) is 0 Å². The average molecular weight is 275 g/mol. The molecule has 2 N–H and O–H groups in total. The highest BCUT2D eigenvalue weighted by Crippen LogP contribution is 2.29. The third-order valence-corrected chi connectivity index (χ3v) is 3.35. The van der Waals surface area contributed by atoms with Gasteiger partial charge in [-0.2, -0.15) is 0 Å². The lowest BCUT2D eigenvalue weighted by molar-refractivity contribution is 0.303. The molecule has 0 spiro atoms. The van der Waals surface area contributed by atoms with Crippen molar-refractivity contribution in [3.05, 3.63) is 65.2 Å². The maximum Gasteiger partial charge on any atom is 0.159 e. The second kappa shape index (κ2) is 5.21. The first kappa shape index (κ1) is 13.1. The van der Waals surface area contributed by atoms with Crippen LogP contribution in [-0.4, -0.2) is 6.10 Å². The molecule has 0 heterocycles. The van der Waals surface area contributed by atoms with Crippen molar-refractivity contribution in [2.24, 2.45) is 5.73 Å². The molecule has 4 heteroatoms. The first-order valence-electron chi connectivity index (χ1n) is 6.60. The molecular weight excluding hydrogens is 260 g/mol. The number of halogens is 2. The molecule has 2 nitrogen and oxygen atoms in total. The Balaban J connectivity index is 1.84. The van der Waals surface area contributed by atoms with Crippen molar-refractivity contribution in [3.8, 4) is 5.75 Å². The van der Waals surface area contributed by atoms with E-state index >= 15 is 0 Å². The maximum atomic E-state index is 13.3. The number of hydrogen-bond donors (Lipinski definition) is 1. The largest absolute Gasteiger partial charge is 0.490 e. The first-order valence-corrected chi connectivity index (χ1v) is 6.60. The molecule has 3 rings (SSSR count). The van der Waals surface area contributed by atoms with Crippen LogP contribution in [0.5, 0.6) is 5.75 Å². The Kier molecular flexibility index (Phi) is 3.40. The van der Waals surface area contributed by atoms with Gasteiger partial charge in [0.2, 0.25) is 0 Å². The summed E-state index contributed by atoms with van der Waals surface area (Å²) in [6, 6.07) is 10.6. The summed E-state index contributed by atoms with van der Waals surface area (Å²) in [4.78, 5) is 0. The minimum absolute atomic E-state index is 0.310. The summed E-state index contributed by atoms with van der Waals surface area (Å²) in [6.07, 6.45) is 2.48. The number of nitrogens with two attached hydrogens (primary N) is 1. The van der Waals surface area contributed by atoms with E-state index in [0.29, 0.717) is 11.7 Å². The zero-order valence-electron chi connectivity index (χ0n) is 10.9. The quantitative estimate of drug-likeness (QED) is 0.926. The minimum Gasteiger partial charge on any atom is -0.490 e. The zero-order valence-corrected chi connectivity index (χ0v) is 10.9. The lowest BCUT2D eigenvalue weighted by atomic mass is 9.99. The number of rotatable bonds is 4. The van der Waals surface area contributed by atoms with Gasteiger partial charge in [0.15, 0.2) is 11.6 Å². The van der Waals surface area contributed by atoms with Crippen LogP contribution in [-0.2, 0) is 0 Å². The van der Waals surface area contributed by atoms with E-state index in [1.54, 1.807) is 0 Å². The summed E-state index contributed by atoms with van der Waals surface area (Å²) in [5, 5.41) is 0. The average Bonchev–Trinajstić information content (AvgIpc) is 3.25. The third kappa shape index (κ3) is 2.80. The summed E-state index contributed by atoms with van der Waals surface area (Å²) in [5.74, 6) is -0.988. The molecular formula is C16H15F2NO. The Labute approximate surface area is 116 Å². The molecule has 1 atom stereocenters. The van der Waals surface area contributed by atoms with E-state index < -0.39 is 17.7 Å². The van der Waals surface area contributed by atoms with E-state index in [1.807, 2.05) is 24.3 Å². The van der Waals surface area contributed by atoms with Crippen LogP contribution in [0.1, 0.15) is 30.0 Å². The molecule has 1 saturated carbocycles. The number of hydrogen-bond acceptors (Lipinski definition) is 2. The Morgan fingerprint density at radius 2 is 1.75 bits per heavy atom. The van der Waals surface area contributed by atoms with Crippen molar-refractivity contribution in [2.75, 3.05) is 0 Å². The maximum absolute atomic E-state index is 13.3. The van der Waals surface area contributed by atoms with Gasteiger partial charge in [0, 0.05) is 0 Å². The molecule has 0 aromatic heterocycles. The molecule has 2 aromatic rings. The molecule has 0 amide bonds. The van der Waals surface area contributed by atoms with Crippen molar-refractivity contribution in [1.82, 2.24) is 0 Å². The SMILES string of the molecule is NC(c1cccc(OC2CC2)c1)c1ccc(F)c(F)c1. The highest BCUT2D eigenvalue weighted by atomic mass is 19.2. The van der Waals surface area contributed by atoms with E-state index in [4.69, 9.17) is 10.5 Å². The predicted molar refractivity (Wildman–Crippen MR) is 72.5 cm³/mol. The Hall–Kier alpha value is -1.94. The van der Waals surface area contributed by atoms with Crippen molar-refractivity contribution < 1.29 is 13.5 Å². The lowest BCUT2D eigenvalue weighted by Crippen LogP contribution is -2.12. The molecule has 0 saturated heterocycles. The smallest absolute Gasteiger partial charge is 0.159 e. The first-order chi connectivity index (χ1) is 9.63. The van der Waals surface area contributed by atoms with Gasteiger partial charge in [-0.15, -0.1) is 0 Å². The fraction of sp³-hybridized carbons (Fsp3) is 0.250. The van der Waals surface area contributed by atoms with Gasteiger partial charge in [-0.3, -0.25) is 0 Å². The standard InChI is InChI=1S/C16H15F2NO/c17-14-7-4-11(9-15(14)18)16(19)10-2-1-3-13(8-10)20-12-5-6-12/h1-4,7-9,12,16H,5-6,19H2. The summed E-state index contributed by atoms with van der Waals surface area (Å²) in [6.45, 7) is 0. The van der Waals surface area contributed by atoms with Gasteiger partial charge in [-0.25, -0.2) is 8.78 Å². The number of ether oxygens (including phenoxy) is 1. The Bertz CT molecular complexity index is 626. The molecule has 1 aliphatic carbocycles. The van der Waals surface area contributed by atoms with Crippen LogP contribution in [0.4, 0.5) is 8.78 Å². The van der Waals surface area contributed by atoms with Gasteiger partial charge in [-0.05, 0) is 48.2 Å². The molecule has 104 valence electrons. The predicted octanol–water partition coefficient (Wildman–Crippen LogP) is 3.55. The van der Waals surface area contributed by atoms with E-state index in [2.05, 4.69) is 0 Å². The Morgan fingerprint density at radius 3 is 2.45 bits per heavy atom. The summed E-state index contributed by atoms with van der Waals surface area (Å²) in [5.41, 5.74) is 7.45. The van der Waals surface area contributed by atoms with Crippen molar-refractivity contribution in [2.45, 2.75) is 25.0 Å². The fourth-order valence-corrected chi connectivity index (χ4v) is 2.06. The van der Waals surface area contributed by atoms with Crippen molar-refractivity contribution >= 4 is 0 Å². The lowest BCUT2D eigenvalue weighted by Gasteiger charge is -2.14. The van der Waals surface area contributed by atoms with Gasteiger partial charge < -0.3 is 10.5 Å². The van der Waals surface area contributed by atoms with Crippen LogP contribution in [0.25, 0.3) is 0 Å². The zero-order chi connectivity index (χ0) is 14.1. The van der Waals surface area contributed by atoms with Crippen LogP contribution in [0, 0.1) is 11.6 Å². The summed E-state index contributed by atoms with van der Waals surface area (Å²) in [7, 11) is 0. The van der Waals surface area contributed by atoms with Crippen molar-refractivity contribution in [3.63, 3.8) is 0 Å². The highest BCUT2D eigenvalue weighted by molar-refractivity contribution is 5.36. The van der Waals surface area contributed by atoms with Crippen LogP contribution in [0.3, 0.4) is 0 Å². The normalized spacial score (nSPS) is 15.9. The van der Waals surface area contributed by atoms with E-state index in [9.17, 15) is 8.78 Å². The second-order valence-corrected chi connectivity index (χ2v) is 5.04. The molecule has 0 radical (unpaired) electrons. The van der Waals surface area contributed by atoms with Gasteiger partial charge >= 0.3 is 0 Å². The van der Waals surface area contributed by atoms with E-state index in [-0.39, 0.29) is 0 Å². The molecule has 1 unspecified atom stereocenters. The van der Waals surface area contributed by atoms with Crippen LogP contribution >= 0.6 is 0 Å². The third-order valence-electron chi connectivity index (χ3n) is 3.35. The van der Waals surface area contributed by atoms with Gasteiger partial charge in [-0.1, -0.05) is 18.2 Å². The van der Waals surface area contributed by atoms with Gasteiger partial charge in [0.1, 0.15) is 5.75 Å². The number of benzene rings is 2. The Morgan fingerprint density at radius 1 is 1.00 bits per heavy atom. The van der Waals surface area contributed by atoms with Gasteiger partial charge in [0.05, 0.1) is 12.1 Å². The highest BCUT2D eigenvalue weighted by Gasteiger charge is 2.23. The molecule has 2 aromatic carbocycles.